The molecule has 0 heterocycles. The van der Waals surface area contributed by atoms with E-state index in [1.807, 2.05) is 36.4 Å². The number of nitrogens with one attached hydrogen (secondary N) is 2. The molecule has 0 radical (unpaired) electrons. The molecule has 27 heavy (non-hydrogen) atoms. The number of halogens is 1. The van der Waals surface area contributed by atoms with Gasteiger partial charge in [0.1, 0.15) is 5.75 Å². The molecule has 0 fully saturated rings. The lowest BCUT2D eigenvalue weighted by Crippen LogP contribution is -2.23. The molecule has 0 aliphatic heterocycles. The number of phenolic OH excluding ortho intramolecular Hbond substituents is 1. The standard InChI is InChI=1S/C21H17BrN2O3/c22-16-9-10-19(25)18(12-16)21(27)23-13-14-5-4-6-15(11-14)20(26)24-17-7-2-1-3-8-17/h1-12,25H,13H2,(H,23,27)(H,24,26). The molecule has 136 valence electrons. The highest BCUT2D eigenvalue weighted by Gasteiger charge is 2.12. The first-order chi connectivity index (χ1) is 13.0. The number of hydrogen-bond donors (Lipinski definition) is 3. The Bertz CT molecular complexity index is 974. The molecule has 0 aliphatic carbocycles. The van der Waals surface area contributed by atoms with Crippen LogP contribution < -0.4 is 10.6 Å². The fourth-order valence-corrected chi connectivity index (χ4v) is 2.88. The molecular formula is C21H17BrN2O3. The van der Waals surface area contributed by atoms with Crippen molar-refractivity contribution >= 4 is 33.4 Å². The van der Waals surface area contributed by atoms with E-state index in [4.69, 9.17) is 0 Å². The predicted molar refractivity (Wildman–Crippen MR) is 108 cm³/mol. The van der Waals surface area contributed by atoms with Crippen LogP contribution in [0.1, 0.15) is 26.3 Å². The quantitative estimate of drug-likeness (QED) is 0.569. The SMILES string of the molecule is O=C(Nc1ccccc1)c1cccc(CNC(=O)c2cc(Br)ccc2O)c1. The smallest absolute Gasteiger partial charge is 0.255 e. The maximum Gasteiger partial charge on any atom is 0.255 e. The number of rotatable bonds is 5. The zero-order chi connectivity index (χ0) is 19.2. The summed E-state index contributed by atoms with van der Waals surface area (Å²) in [6.45, 7) is 0.233. The highest BCUT2D eigenvalue weighted by atomic mass is 79.9. The second kappa shape index (κ2) is 8.51. The molecule has 0 aromatic heterocycles. The van der Waals surface area contributed by atoms with Gasteiger partial charge in [0, 0.05) is 22.3 Å². The highest BCUT2D eigenvalue weighted by Crippen LogP contribution is 2.21. The Labute approximate surface area is 165 Å². The molecule has 6 heteroatoms. The molecule has 0 bridgehead atoms. The predicted octanol–water partition coefficient (Wildman–Crippen LogP) is 4.34. The number of hydrogen-bond acceptors (Lipinski definition) is 3. The lowest BCUT2D eigenvalue weighted by Gasteiger charge is -2.09. The molecule has 3 aromatic carbocycles. The molecule has 0 saturated heterocycles. The van der Waals surface area contributed by atoms with Gasteiger partial charge < -0.3 is 15.7 Å². The molecule has 3 rings (SSSR count). The lowest BCUT2D eigenvalue weighted by atomic mass is 10.1. The van der Waals surface area contributed by atoms with Crippen LogP contribution in [0, 0.1) is 0 Å². The monoisotopic (exact) mass is 424 g/mol. The molecule has 0 unspecified atom stereocenters. The Kier molecular flexibility index (Phi) is 5.88. The van der Waals surface area contributed by atoms with Gasteiger partial charge in [-0.25, -0.2) is 0 Å². The third-order valence-corrected chi connectivity index (χ3v) is 4.37. The van der Waals surface area contributed by atoms with Crippen molar-refractivity contribution in [2.24, 2.45) is 0 Å². The van der Waals surface area contributed by atoms with Crippen LogP contribution in [0.15, 0.2) is 77.3 Å². The summed E-state index contributed by atoms with van der Waals surface area (Å²) < 4.78 is 0.699. The minimum Gasteiger partial charge on any atom is -0.507 e. The van der Waals surface area contributed by atoms with Crippen molar-refractivity contribution in [1.82, 2.24) is 5.32 Å². The summed E-state index contributed by atoms with van der Waals surface area (Å²) in [5.74, 6) is -0.710. The van der Waals surface area contributed by atoms with Crippen LogP contribution in [-0.4, -0.2) is 16.9 Å². The Balaban J connectivity index is 1.66. The summed E-state index contributed by atoms with van der Waals surface area (Å²) >= 11 is 3.28. The van der Waals surface area contributed by atoms with Crippen LogP contribution in [0.3, 0.4) is 0 Å². The number of aromatic hydroxyl groups is 1. The summed E-state index contributed by atoms with van der Waals surface area (Å²) in [6, 6.07) is 20.9. The molecule has 0 saturated carbocycles. The number of phenols is 1. The number of carbonyl (C=O) groups is 2. The normalized spacial score (nSPS) is 10.3. The van der Waals surface area contributed by atoms with Crippen molar-refractivity contribution in [2.75, 3.05) is 5.32 Å². The van der Waals surface area contributed by atoms with E-state index in [0.717, 1.165) is 5.56 Å². The van der Waals surface area contributed by atoms with Crippen LogP contribution in [0.4, 0.5) is 5.69 Å². The van der Waals surface area contributed by atoms with Gasteiger partial charge in [-0.1, -0.05) is 46.3 Å². The largest absolute Gasteiger partial charge is 0.507 e. The first-order valence-electron chi connectivity index (χ1n) is 8.25. The lowest BCUT2D eigenvalue weighted by molar-refractivity contribution is 0.0947. The Morgan fingerprint density at radius 2 is 1.67 bits per heavy atom. The van der Waals surface area contributed by atoms with Crippen molar-refractivity contribution < 1.29 is 14.7 Å². The average molecular weight is 425 g/mol. The molecule has 3 N–H and O–H groups in total. The number of carbonyl (C=O) groups excluding carboxylic acids is 2. The topological polar surface area (TPSA) is 78.4 Å². The summed E-state index contributed by atoms with van der Waals surface area (Å²) in [4.78, 5) is 24.7. The second-order valence-corrected chi connectivity index (χ2v) is 6.78. The van der Waals surface area contributed by atoms with E-state index in [9.17, 15) is 14.7 Å². The third-order valence-electron chi connectivity index (χ3n) is 3.88. The van der Waals surface area contributed by atoms with E-state index in [2.05, 4.69) is 26.6 Å². The van der Waals surface area contributed by atoms with E-state index in [1.165, 1.54) is 6.07 Å². The molecule has 0 atom stereocenters. The van der Waals surface area contributed by atoms with Gasteiger partial charge in [0.05, 0.1) is 5.56 Å². The number of para-hydroxylation sites is 1. The second-order valence-electron chi connectivity index (χ2n) is 5.86. The fraction of sp³-hybridized carbons (Fsp3) is 0.0476. The minimum absolute atomic E-state index is 0.0910. The van der Waals surface area contributed by atoms with Crippen LogP contribution in [0.5, 0.6) is 5.75 Å². The maximum absolute atomic E-state index is 12.4. The molecule has 2 amide bonds. The summed E-state index contributed by atoms with van der Waals surface area (Å²) in [7, 11) is 0. The number of amides is 2. The van der Waals surface area contributed by atoms with Crippen LogP contribution >= 0.6 is 15.9 Å². The van der Waals surface area contributed by atoms with Crippen molar-refractivity contribution in [1.29, 1.82) is 0 Å². The van der Waals surface area contributed by atoms with Crippen LogP contribution in [-0.2, 0) is 6.54 Å². The van der Waals surface area contributed by atoms with Crippen LogP contribution in [0.2, 0.25) is 0 Å². The van der Waals surface area contributed by atoms with E-state index >= 15 is 0 Å². The zero-order valence-corrected chi connectivity index (χ0v) is 15.9. The van der Waals surface area contributed by atoms with Gasteiger partial charge in [0.2, 0.25) is 0 Å². The maximum atomic E-state index is 12.4. The highest BCUT2D eigenvalue weighted by molar-refractivity contribution is 9.10. The van der Waals surface area contributed by atoms with E-state index in [-0.39, 0.29) is 23.8 Å². The Morgan fingerprint density at radius 3 is 2.44 bits per heavy atom. The average Bonchev–Trinajstić information content (AvgIpc) is 2.69. The van der Waals surface area contributed by atoms with E-state index in [1.54, 1.807) is 30.3 Å². The summed E-state index contributed by atoms with van der Waals surface area (Å²) in [5, 5.41) is 15.4. The van der Waals surface area contributed by atoms with E-state index in [0.29, 0.717) is 15.7 Å². The Hall–Kier alpha value is -3.12. The van der Waals surface area contributed by atoms with Crippen molar-refractivity contribution in [3.8, 4) is 5.75 Å². The van der Waals surface area contributed by atoms with Gasteiger partial charge in [-0.05, 0) is 48.0 Å². The van der Waals surface area contributed by atoms with Crippen molar-refractivity contribution in [2.45, 2.75) is 6.54 Å². The van der Waals surface area contributed by atoms with Crippen molar-refractivity contribution in [3.63, 3.8) is 0 Å². The van der Waals surface area contributed by atoms with Crippen LogP contribution in [0.25, 0.3) is 0 Å². The van der Waals surface area contributed by atoms with Gasteiger partial charge in [0.25, 0.3) is 11.8 Å². The van der Waals surface area contributed by atoms with Gasteiger partial charge in [-0.3, -0.25) is 9.59 Å². The van der Waals surface area contributed by atoms with Gasteiger partial charge in [-0.2, -0.15) is 0 Å². The molecule has 0 spiro atoms. The summed E-state index contributed by atoms with van der Waals surface area (Å²) in [6.07, 6.45) is 0. The fourth-order valence-electron chi connectivity index (χ4n) is 2.51. The summed E-state index contributed by atoms with van der Waals surface area (Å²) in [5.41, 5.74) is 2.17. The minimum atomic E-state index is -0.395. The molecule has 0 aliphatic rings. The molecular weight excluding hydrogens is 408 g/mol. The third kappa shape index (κ3) is 4.95. The molecule has 5 nitrogen and oxygen atoms in total. The van der Waals surface area contributed by atoms with Gasteiger partial charge >= 0.3 is 0 Å². The first kappa shape index (κ1) is 18.7. The number of anilines is 1. The van der Waals surface area contributed by atoms with Gasteiger partial charge in [0.15, 0.2) is 0 Å². The number of benzene rings is 3. The molecule has 3 aromatic rings. The zero-order valence-electron chi connectivity index (χ0n) is 14.3. The van der Waals surface area contributed by atoms with Gasteiger partial charge in [-0.15, -0.1) is 0 Å². The first-order valence-corrected chi connectivity index (χ1v) is 9.04. The van der Waals surface area contributed by atoms with E-state index < -0.39 is 5.91 Å². The Morgan fingerprint density at radius 1 is 0.889 bits per heavy atom. The van der Waals surface area contributed by atoms with Crippen molar-refractivity contribution in [3.05, 3.63) is 94.0 Å².